The third-order valence-corrected chi connectivity index (χ3v) is 4.06. The summed E-state index contributed by atoms with van der Waals surface area (Å²) in [6, 6.07) is 1.79. The summed E-state index contributed by atoms with van der Waals surface area (Å²) in [5.41, 5.74) is 4.26. The summed E-state index contributed by atoms with van der Waals surface area (Å²) in [6.07, 6.45) is 0. The van der Waals surface area contributed by atoms with Gasteiger partial charge in [-0.2, -0.15) is 0 Å². The van der Waals surface area contributed by atoms with E-state index < -0.39 is 44.0 Å². The molecular formula is C10H9ClN2O6S. The first kappa shape index (κ1) is 15.9. The van der Waals surface area contributed by atoms with Crippen molar-refractivity contribution in [1.29, 1.82) is 0 Å². The number of nitrogens with one attached hydrogen (secondary N) is 1. The largest absolute Gasteiger partial charge is 0.478 e. The van der Waals surface area contributed by atoms with Crippen molar-refractivity contribution in [3.8, 4) is 0 Å². The van der Waals surface area contributed by atoms with Crippen LogP contribution in [0, 0.1) is 0 Å². The molecule has 0 saturated carbocycles. The molecule has 20 heavy (non-hydrogen) atoms. The average Bonchev–Trinajstić information content (AvgIpc) is 2.26. The maximum absolute atomic E-state index is 11.9. The molecule has 0 aliphatic carbocycles. The van der Waals surface area contributed by atoms with Crippen LogP contribution in [0.25, 0.3) is 0 Å². The maximum atomic E-state index is 11.9. The Morgan fingerprint density at radius 1 is 1.30 bits per heavy atom. The van der Waals surface area contributed by atoms with Gasteiger partial charge in [-0.15, -0.1) is 0 Å². The van der Waals surface area contributed by atoms with Gasteiger partial charge in [0.25, 0.3) is 0 Å². The molecule has 0 spiro atoms. The van der Waals surface area contributed by atoms with Gasteiger partial charge in [-0.05, 0) is 18.2 Å². The number of benzene rings is 1. The number of primary amides is 1. The van der Waals surface area contributed by atoms with Crippen molar-refractivity contribution in [3.63, 3.8) is 0 Å². The molecule has 8 nitrogen and oxygen atoms in total. The van der Waals surface area contributed by atoms with Gasteiger partial charge in [-0.25, -0.2) is 18.0 Å². The van der Waals surface area contributed by atoms with Crippen LogP contribution in [0.5, 0.6) is 0 Å². The Balaban J connectivity index is 3.10. The van der Waals surface area contributed by atoms with Crippen molar-refractivity contribution in [3.05, 3.63) is 28.8 Å². The molecule has 0 radical (unpaired) electrons. The second-order valence-electron chi connectivity index (χ2n) is 3.62. The number of imide groups is 1. The number of amides is 3. The van der Waals surface area contributed by atoms with Crippen molar-refractivity contribution in [2.75, 3.05) is 5.75 Å². The summed E-state index contributed by atoms with van der Waals surface area (Å²) in [7, 11) is -4.12. The van der Waals surface area contributed by atoms with Gasteiger partial charge in [-0.1, -0.05) is 11.6 Å². The van der Waals surface area contributed by atoms with E-state index in [9.17, 15) is 22.8 Å². The van der Waals surface area contributed by atoms with Crippen LogP contribution in [0.15, 0.2) is 23.1 Å². The molecule has 0 bridgehead atoms. The number of rotatable bonds is 4. The Labute approximate surface area is 118 Å². The van der Waals surface area contributed by atoms with Gasteiger partial charge in [0.05, 0.1) is 15.5 Å². The van der Waals surface area contributed by atoms with Crippen molar-refractivity contribution in [2.24, 2.45) is 5.73 Å². The molecule has 0 atom stereocenters. The van der Waals surface area contributed by atoms with Crippen LogP contribution in [-0.4, -0.2) is 37.2 Å². The van der Waals surface area contributed by atoms with Gasteiger partial charge in [0.15, 0.2) is 9.84 Å². The molecule has 4 N–H and O–H groups in total. The van der Waals surface area contributed by atoms with Crippen LogP contribution in [0.2, 0.25) is 5.02 Å². The third kappa shape index (κ3) is 3.93. The minimum Gasteiger partial charge on any atom is -0.478 e. The van der Waals surface area contributed by atoms with Crippen LogP contribution in [0.1, 0.15) is 10.4 Å². The summed E-state index contributed by atoms with van der Waals surface area (Å²) in [5, 5.41) is 10.3. The van der Waals surface area contributed by atoms with Crippen LogP contribution >= 0.6 is 11.6 Å². The fraction of sp³-hybridized carbons (Fsp3) is 0.100. The molecule has 0 unspecified atom stereocenters. The van der Waals surface area contributed by atoms with E-state index in [0.29, 0.717) is 0 Å². The lowest BCUT2D eigenvalue weighted by Crippen LogP contribution is -2.38. The highest BCUT2D eigenvalue weighted by atomic mass is 35.5. The summed E-state index contributed by atoms with van der Waals surface area (Å²) in [4.78, 5) is 32.1. The van der Waals surface area contributed by atoms with Crippen molar-refractivity contribution < 1.29 is 27.9 Å². The van der Waals surface area contributed by atoms with E-state index in [0.717, 1.165) is 18.2 Å². The highest BCUT2D eigenvalue weighted by molar-refractivity contribution is 7.92. The van der Waals surface area contributed by atoms with E-state index in [4.69, 9.17) is 16.7 Å². The van der Waals surface area contributed by atoms with E-state index in [2.05, 4.69) is 5.73 Å². The van der Waals surface area contributed by atoms with Gasteiger partial charge in [-0.3, -0.25) is 10.1 Å². The molecule has 1 aromatic rings. The molecule has 10 heteroatoms. The van der Waals surface area contributed by atoms with E-state index in [-0.39, 0.29) is 5.02 Å². The van der Waals surface area contributed by atoms with E-state index in [1.807, 2.05) is 0 Å². The zero-order chi connectivity index (χ0) is 15.5. The lowest BCUT2D eigenvalue weighted by molar-refractivity contribution is -0.117. The highest BCUT2D eigenvalue weighted by Gasteiger charge is 2.22. The SMILES string of the molecule is NC(=O)NC(=O)CS(=O)(=O)c1ccc(Cl)c(C(=O)O)c1. The average molecular weight is 321 g/mol. The van der Waals surface area contributed by atoms with Crippen molar-refractivity contribution in [2.45, 2.75) is 4.90 Å². The molecule has 1 rings (SSSR count). The summed E-state index contributed by atoms with van der Waals surface area (Å²) >= 11 is 5.60. The first-order valence-electron chi connectivity index (χ1n) is 4.98. The van der Waals surface area contributed by atoms with Gasteiger partial charge in [0.2, 0.25) is 5.91 Å². The number of halogens is 1. The molecule has 0 aliphatic heterocycles. The molecule has 0 aliphatic rings. The van der Waals surface area contributed by atoms with E-state index in [1.165, 1.54) is 0 Å². The molecule has 0 saturated heterocycles. The van der Waals surface area contributed by atoms with E-state index >= 15 is 0 Å². The molecule has 0 fully saturated rings. The molecule has 1 aromatic carbocycles. The molecule has 0 aromatic heterocycles. The number of aromatic carboxylic acids is 1. The molecule has 0 heterocycles. The van der Waals surface area contributed by atoms with Crippen LogP contribution in [-0.2, 0) is 14.6 Å². The topological polar surface area (TPSA) is 144 Å². The number of sulfone groups is 1. The van der Waals surface area contributed by atoms with Gasteiger partial charge in [0.1, 0.15) is 5.75 Å². The number of carbonyl (C=O) groups excluding carboxylic acids is 2. The number of carboxylic acids is 1. The quantitative estimate of drug-likeness (QED) is 0.712. The Bertz CT molecular complexity index is 685. The van der Waals surface area contributed by atoms with Crippen LogP contribution < -0.4 is 11.1 Å². The third-order valence-electron chi connectivity index (χ3n) is 2.11. The zero-order valence-corrected chi connectivity index (χ0v) is 11.4. The standard InChI is InChI=1S/C10H9ClN2O6S/c11-7-2-1-5(3-6(7)9(15)16)20(18,19)4-8(14)13-10(12)17/h1-3H,4H2,(H,15,16)(H3,12,13,14,17). The Hall–Kier alpha value is -2.13. The number of urea groups is 1. The maximum Gasteiger partial charge on any atom is 0.337 e. The van der Waals surface area contributed by atoms with E-state index in [1.54, 1.807) is 5.32 Å². The molecule has 108 valence electrons. The summed E-state index contributed by atoms with van der Waals surface area (Å²) in [6.45, 7) is 0. The van der Waals surface area contributed by atoms with Crippen molar-refractivity contribution >= 4 is 39.3 Å². The molecule has 3 amide bonds. The lowest BCUT2D eigenvalue weighted by atomic mass is 10.2. The monoisotopic (exact) mass is 320 g/mol. The second-order valence-corrected chi connectivity index (χ2v) is 6.02. The first-order valence-corrected chi connectivity index (χ1v) is 7.01. The minimum atomic E-state index is -4.12. The Morgan fingerprint density at radius 2 is 1.90 bits per heavy atom. The van der Waals surface area contributed by atoms with Crippen LogP contribution in [0.3, 0.4) is 0 Å². The van der Waals surface area contributed by atoms with Crippen LogP contribution in [0.4, 0.5) is 4.79 Å². The number of carbonyl (C=O) groups is 3. The smallest absolute Gasteiger partial charge is 0.337 e. The highest BCUT2D eigenvalue weighted by Crippen LogP contribution is 2.21. The van der Waals surface area contributed by atoms with Gasteiger partial charge >= 0.3 is 12.0 Å². The first-order chi connectivity index (χ1) is 9.13. The Kier molecular flexibility index (Phi) is 4.69. The summed E-state index contributed by atoms with van der Waals surface area (Å²) < 4.78 is 23.7. The number of hydrogen-bond donors (Lipinski definition) is 3. The number of hydrogen-bond acceptors (Lipinski definition) is 5. The predicted octanol–water partition coefficient (Wildman–Crippen LogP) is 0.00680. The fourth-order valence-electron chi connectivity index (χ4n) is 1.29. The number of nitrogens with two attached hydrogens (primary N) is 1. The number of carboxylic acid groups (broad SMARTS) is 1. The van der Waals surface area contributed by atoms with Gasteiger partial charge in [0, 0.05) is 0 Å². The second kappa shape index (κ2) is 5.88. The zero-order valence-electron chi connectivity index (χ0n) is 9.79. The molecular weight excluding hydrogens is 312 g/mol. The lowest BCUT2D eigenvalue weighted by Gasteiger charge is -2.06. The predicted molar refractivity (Wildman–Crippen MR) is 68.2 cm³/mol. The minimum absolute atomic E-state index is 0.141. The normalized spacial score (nSPS) is 10.8. The van der Waals surface area contributed by atoms with Crippen molar-refractivity contribution in [1.82, 2.24) is 5.32 Å². The summed E-state index contributed by atoms with van der Waals surface area (Å²) in [5.74, 6) is -3.57. The van der Waals surface area contributed by atoms with Gasteiger partial charge < -0.3 is 10.8 Å². The fourth-order valence-corrected chi connectivity index (χ4v) is 2.65. The Morgan fingerprint density at radius 3 is 2.40 bits per heavy atom.